The molecular weight excluding hydrogens is 522 g/mol. The van der Waals surface area contributed by atoms with Crippen LogP contribution in [-0.4, -0.2) is 64.2 Å². The fourth-order valence-corrected chi connectivity index (χ4v) is 4.61. The van der Waals surface area contributed by atoms with Crippen LogP contribution < -0.4 is 10.6 Å². The van der Waals surface area contributed by atoms with Crippen LogP contribution in [0.3, 0.4) is 0 Å². The molecule has 0 unspecified atom stereocenters. The molecule has 1 saturated heterocycles. The number of aliphatic hydroxyl groups excluding tert-OH is 1. The van der Waals surface area contributed by atoms with Gasteiger partial charge in [0, 0.05) is 13.0 Å². The summed E-state index contributed by atoms with van der Waals surface area (Å²) in [6.07, 6.45) is 1.84. The zero-order chi connectivity index (χ0) is 29.6. The minimum Gasteiger partial charge on any atom is -0.450 e. The van der Waals surface area contributed by atoms with Crippen molar-refractivity contribution in [2.45, 2.75) is 78.1 Å². The third-order valence-electron chi connectivity index (χ3n) is 6.88. The number of nitrogens with one attached hydrogen (secondary N) is 2. The number of β-amino-alcohol motifs (C(OH)–C–C–N with tert-alkyl or cyclic N) is 1. The number of hydrogen-bond donors (Lipinski definition) is 3. The molecular formula is C29H38F2N4O5. The second-order valence-corrected chi connectivity index (χ2v) is 11.2. The second-order valence-electron chi connectivity index (χ2n) is 11.2. The molecule has 0 bridgehead atoms. The minimum absolute atomic E-state index is 0.0433. The van der Waals surface area contributed by atoms with Crippen molar-refractivity contribution in [1.29, 1.82) is 0 Å². The summed E-state index contributed by atoms with van der Waals surface area (Å²) >= 11 is 0. The fraction of sp³-hybridized carbons (Fsp3) is 0.517. The molecule has 3 N–H and O–H groups in total. The van der Waals surface area contributed by atoms with Gasteiger partial charge in [0.05, 0.1) is 36.7 Å². The maximum atomic E-state index is 14.1. The number of unbranched alkanes of at least 4 members (excludes halogenated alkanes) is 1. The van der Waals surface area contributed by atoms with Gasteiger partial charge >= 0.3 is 6.09 Å². The number of rotatable bonds is 9. The van der Waals surface area contributed by atoms with Gasteiger partial charge in [-0.05, 0) is 29.9 Å². The zero-order valence-corrected chi connectivity index (χ0v) is 23.5. The molecule has 9 nitrogen and oxygen atoms in total. The highest BCUT2D eigenvalue weighted by molar-refractivity contribution is 5.92. The molecule has 4 atom stereocenters. The van der Waals surface area contributed by atoms with Crippen molar-refractivity contribution >= 4 is 17.9 Å². The van der Waals surface area contributed by atoms with Crippen LogP contribution >= 0.6 is 0 Å². The molecule has 0 saturated carbocycles. The largest absolute Gasteiger partial charge is 0.450 e. The van der Waals surface area contributed by atoms with E-state index in [1.807, 2.05) is 6.92 Å². The molecule has 1 aliphatic heterocycles. The normalized spacial score (nSPS) is 18.6. The van der Waals surface area contributed by atoms with Crippen molar-refractivity contribution in [2.24, 2.45) is 5.41 Å². The number of alkyl carbamates (subject to hydrolysis) is 1. The summed E-state index contributed by atoms with van der Waals surface area (Å²) in [5.41, 5.74) is 0.110. The Morgan fingerprint density at radius 1 is 1.12 bits per heavy atom. The van der Waals surface area contributed by atoms with E-state index in [2.05, 4.69) is 15.6 Å². The topological polar surface area (TPSA) is 121 Å². The van der Waals surface area contributed by atoms with Crippen molar-refractivity contribution in [3.63, 3.8) is 0 Å². The van der Waals surface area contributed by atoms with Crippen molar-refractivity contribution in [3.8, 4) is 11.1 Å². The van der Waals surface area contributed by atoms with Crippen LogP contribution in [0, 0.1) is 17.0 Å². The lowest BCUT2D eigenvalue weighted by Crippen LogP contribution is -2.58. The van der Waals surface area contributed by atoms with Crippen LogP contribution in [0.2, 0.25) is 0 Å². The number of ether oxygens (including phenoxy) is 1. The lowest BCUT2D eigenvalue weighted by Gasteiger charge is -2.35. The number of nitrogens with zero attached hydrogens (tertiary/aromatic N) is 2. The molecule has 0 spiro atoms. The Balaban J connectivity index is 1.72. The van der Waals surface area contributed by atoms with Crippen LogP contribution in [0.25, 0.3) is 11.1 Å². The molecule has 1 aliphatic rings. The van der Waals surface area contributed by atoms with Crippen molar-refractivity contribution in [1.82, 2.24) is 20.5 Å². The number of benzene rings is 1. The van der Waals surface area contributed by atoms with Gasteiger partial charge in [-0.3, -0.25) is 14.6 Å². The SMILES string of the molecule is CCCCOC(=O)N[C@H](C(=O)N1C[C@H](O)C[C@H]1C(=O)N[C@@H](C)c1ccc(-c2c(F)cncc2F)cc1)C(C)(C)C. The van der Waals surface area contributed by atoms with Crippen LogP contribution in [0.15, 0.2) is 36.7 Å². The Kier molecular flexibility index (Phi) is 10.2. The van der Waals surface area contributed by atoms with E-state index >= 15 is 0 Å². The number of aliphatic hydroxyl groups is 1. The van der Waals surface area contributed by atoms with Crippen molar-refractivity contribution in [3.05, 3.63) is 53.9 Å². The first-order valence-corrected chi connectivity index (χ1v) is 13.4. The zero-order valence-electron chi connectivity index (χ0n) is 23.5. The number of likely N-dealkylation sites (tertiary alicyclic amines) is 1. The smallest absolute Gasteiger partial charge is 0.407 e. The number of aromatic nitrogens is 1. The summed E-state index contributed by atoms with van der Waals surface area (Å²) in [4.78, 5) is 44.0. The fourth-order valence-electron chi connectivity index (χ4n) is 4.61. The highest BCUT2D eigenvalue weighted by Gasteiger charge is 2.44. The summed E-state index contributed by atoms with van der Waals surface area (Å²) in [5.74, 6) is -2.52. The molecule has 0 aliphatic carbocycles. The molecule has 3 amide bonds. The lowest BCUT2D eigenvalue weighted by atomic mass is 9.85. The van der Waals surface area contributed by atoms with Gasteiger partial charge in [0.1, 0.15) is 12.1 Å². The highest BCUT2D eigenvalue weighted by atomic mass is 19.1. The molecule has 0 radical (unpaired) electrons. The third-order valence-corrected chi connectivity index (χ3v) is 6.88. The maximum absolute atomic E-state index is 14.1. The number of halogens is 2. The van der Waals surface area contributed by atoms with E-state index in [1.54, 1.807) is 52.0 Å². The number of carbonyl (C=O) groups is 3. The number of amides is 3. The van der Waals surface area contributed by atoms with Crippen LogP contribution in [0.1, 0.15) is 65.5 Å². The summed E-state index contributed by atoms with van der Waals surface area (Å²) in [6.45, 7) is 9.25. The van der Waals surface area contributed by atoms with Gasteiger partial charge in [0.15, 0.2) is 11.6 Å². The van der Waals surface area contributed by atoms with Gasteiger partial charge in [0.25, 0.3) is 0 Å². The van der Waals surface area contributed by atoms with Gasteiger partial charge in [-0.1, -0.05) is 58.4 Å². The minimum atomic E-state index is -0.985. The van der Waals surface area contributed by atoms with E-state index in [9.17, 15) is 28.3 Å². The third kappa shape index (κ3) is 7.53. The molecule has 1 fully saturated rings. The quantitative estimate of drug-likeness (QED) is 0.397. The summed E-state index contributed by atoms with van der Waals surface area (Å²) in [7, 11) is 0. The Labute approximate surface area is 233 Å². The van der Waals surface area contributed by atoms with Gasteiger partial charge in [-0.25, -0.2) is 13.6 Å². The molecule has 218 valence electrons. The molecule has 1 aromatic heterocycles. The van der Waals surface area contributed by atoms with Crippen LogP contribution in [0.4, 0.5) is 13.6 Å². The highest BCUT2D eigenvalue weighted by Crippen LogP contribution is 2.28. The van der Waals surface area contributed by atoms with Gasteiger partial charge in [-0.2, -0.15) is 0 Å². The molecule has 40 heavy (non-hydrogen) atoms. The maximum Gasteiger partial charge on any atom is 0.407 e. The van der Waals surface area contributed by atoms with Gasteiger partial charge in [0.2, 0.25) is 11.8 Å². The van der Waals surface area contributed by atoms with Crippen LogP contribution in [-0.2, 0) is 14.3 Å². The first kappa shape index (κ1) is 30.9. The predicted molar refractivity (Wildman–Crippen MR) is 145 cm³/mol. The van der Waals surface area contributed by atoms with Gasteiger partial charge in [-0.15, -0.1) is 0 Å². The number of pyridine rings is 1. The van der Waals surface area contributed by atoms with E-state index in [-0.39, 0.29) is 25.1 Å². The number of hydrogen-bond acceptors (Lipinski definition) is 6. The van der Waals surface area contributed by atoms with E-state index in [0.717, 1.165) is 18.8 Å². The van der Waals surface area contributed by atoms with E-state index < -0.39 is 59.2 Å². The van der Waals surface area contributed by atoms with E-state index in [1.165, 1.54) is 4.90 Å². The molecule has 3 rings (SSSR count). The Morgan fingerprint density at radius 2 is 1.75 bits per heavy atom. The average molecular weight is 561 g/mol. The molecule has 2 heterocycles. The average Bonchev–Trinajstić information content (AvgIpc) is 3.28. The monoisotopic (exact) mass is 560 g/mol. The van der Waals surface area contributed by atoms with E-state index in [0.29, 0.717) is 17.5 Å². The standard InChI is InChI=1S/C29H38F2N4O5/c1-6-7-12-40-28(39)34-25(29(3,4)5)27(38)35-16-20(36)13-23(35)26(37)33-17(2)18-8-10-19(11-9-18)24-21(30)14-32-15-22(24)31/h8-11,14-15,17,20,23,25,36H,6-7,12-13,16H2,1-5H3,(H,33,37)(H,34,39)/t17-,20+,23-,25+/m0/s1. The molecule has 1 aromatic carbocycles. The first-order valence-electron chi connectivity index (χ1n) is 13.4. The lowest BCUT2D eigenvalue weighted by molar-refractivity contribution is -0.142. The first-order chi connectivity index (χ1) is 18.8. The van der Waals surface area contributed by atoms with Gasteiger partial charge < -0.3 is 25.4 Å². The predicted octanol–water partition coefficient (Wildman–Crippen LogP) is 4.11. The molecule has 11 heteroatoms. The summed E-state index contributed by atoms with van der Waals surface area (Å²) < 4.78 is 33.4. The Bertz CT molecular complexity index is 1180. The summed E-state index contributed by atoms with van der Waals surface area (Å²) in [5, 5.41) is 15.9. The van der Waals surface area contributed by atoms with Crippen molar-refractivity contribution in [2.75, 3.05) is 13.2 Å². The summed E-state index contributed by atoms with van der Waals surface area (Å²) in [6, 6.07) is 3.95. The Morgan fingerprint density at radius 3 is 2.33 bits per heavy atom. The Hall–Kier alpha value is -3.60. The van der Waals surface area contributed by atoms with Crippen LogP contribution in [0.5, 0.6) is 0 Å². The number of carbonyl (C=O) groups excluding carboxylic acids is 3. The molecule has 2 aromatic rings. The van der Waals surface area contributed by atoms with E-state index in [4.69, 9.17) is 4.74 Å². The van der Waals surface area contributed by atoms with Crippen molar-refractivity contribution < 1.29 is 33.0 Å². The second kappa shape index (κ2) is 13.2.